The van der Waals surface area contributed by atoms with E-state index >= 15 is 0 Å². The molecule has 0 aliphatic heterocycles. The Hall–Kier alpha value is -2.46. The van der Waals surface area contributed by atoms with Gasteiger partial charge in [-0.2, -0.15) is 0 Å². The minimum absolute atomic E-state index is 0.0962. The van der Waals surface area contributed by atoms with E-state index in [2.05, 4.69) is 29.6 Å². The molecule has 0 heterocycles. The average Bonchev–Trinajstić information content (AvgIpc) is 2.61. The van der Waals surface area contributed by atoms with Crippen LogP contribution in [-0.2, 0) is 16.6 Å². The van der Waals surface area contributed by atoms with Gasteiger partial charge >= 0.3 is 0 Å². The third-order valence-electron chi connectivity index (χ3n) is 4.18. The summed E-state index contributed by atoms with van der Waals surface area (Å²) >= 11 is 0. The molecule has 3 aromatic rings. The molecule has 1 amide bonds. The van der Waals surface area contributed by atoms with Crippen LogP contribution in [0, 0.1) is 0 Å². The summed E-state index contributed by atoms with van der Waals surface area (Å²) in [6, 6.07) is 21.6. The van der Waals surface area contributed by atoms with E-state index in [-0.39, 0.29) is 11.9 Å². The van der Waals surface area contributed by atoms with Gasteiger partial charge in [-0.05, 0) is 47.0 Å². The summed E-state index contributed by atoms with van der Waals surface area (Å²) in [5.74, 6) is 0.339. The number of carbonyl (C=O) groups excluding carboxylic acids is 1. The van der Waals surface area contributed by atoms with Crippen molar-refractivity contribution in [3.8, 4) is 0 Å². The third-order valence-corrected chi connectivity index (χ3v) is 4.92. The van der Waals surface area contributed by atoms with Gasteiger partial charge in [-0.15, -0.1) is 0 Å². The van der Waals surface area contributed by atoms with Gasteiger partial charge in [0.15, 0.2) is 0 Å². The van der Waals surface area contributed by atoms with Crippen LogP contribution >= 0.6 is 0 Å². The molecule has 25 heavy (non-hydrogen) atoms. The molecule has 0 saturated heterocycles. The predicted octanol–water partition coefficient (Wildman–Crippen LogP) is 4.21. The van der Waals surface area contributed by atoms with Crippen LogP contribution in [0.4, 0.5) is 0 Å². The molecule has 0 aliphatic rings. The van der Waals surface area contributed by atoms with E-state index in [0.717, 1.165) is 16.5 Å². The number of hydrogen-bond acceptors (Lipinski definition) is 2. The van der Waals surface area contributed by atoms with E-state index in [1.807, 2.05) is 43.3 Å². The summed E-state index contributed by atoms with van der Waals surface area (Å²) in [6.07, 6.45) is 1.66. The van der Waals surface area contributed by atoms with Crippen LogP contribution in [0.5, 0.6) is 0 Å². The van der Waals surface area contributed by atoms with Crippen molar-refractivity contribution in [3.63, 3.8) is 0 Å². The second-order valence-corrected chi connectivity index (χ2v) is 7.65. The normalized spacial score (nSPS) is 13.4. The summed E-state index contributed by atoms with van der Waals surface area (Å²) in [7, 11) is -0.924. The summed E-state index contributed by atoms with van der Waals surface area (Å²) in [4.78, 5) is 12.5. The smallest absolute Gasteiger partial charge is 0.251 e. The van der Waals surface area contributed by atoms with E-state index in [9.17, 15) is 9.00 Å². The molecular formula is C21H21NO2S. The number of carbonyl (C=O) groups is 1. The van der Waals surface area contributed by atoms with Crippen LogP contribution < -0.4 is 5.32 Å². The largest absolute Gasteiger partial charge is 0.346 e. The Morgan fingerprint density at radius 3 is 2.52 bits per heavy atom. The topological polar surface area (TPSA) is 46.2 Å². The molecule has 3 nitrogen and oxygen atoms in total. The highest BCUT2D eigenvalue weighted by atomic mass is 32.2. The number of fused-ring (bicyclic) bond motifs is 1. The van der Waals surface area contributed by atoms with E-state index in [1.165, 1.54) is 5.39 Å². The van der Waals surface area contributed by atoms with E-state index < -0.39 is 10.8 Å². The number of rotatable bonds is 5. The van der Waals surface area contributed by atoms with Gasteiger partial charge in [0.25, 0.3) is 5.91 Å². The second-order valence-electron chi connectivity index (χ2n) is 6.22. The minimum atomic E-state index is -0.924. The summed E-state index contributed by atoms with van der Waals surface area (Å²) in [5.41, 5.74) is 2.57. The molecule has 2 atom stereocenters. The van der Waals surface area contributed by atoms with Crippen LogP contribution in [0.25, 0.3) is 10.8 Å². The van der Waals surface area contributed by atoms with Gasteiger partial charge < -0.3 is 5.32 Å². The summed E-state index contributed by atoms with van der Waals surface area (Å²) in [6.45, 7) is 1.98. The zero-order chi connectivity index (χ0) is 17.8. The van der Waals surface area contributed by atoms with Crippen molar-refractivity contribution in [2.75, 3.05) is 6.26 Å². The Labute approximate surface area is 150 Å². The molecule has 3 rings (SSSR count). The van der Waals surface area contributed by atoms with Gasteiger partial charge in [0, 0.05) is 28.4 Å². The van der Waals surface area contributed by atoms with Crippen LogP contribution in [0.1, 0.15) is 34.5 Å². The van der Waals surface area contributed by atoms with Crippen molar-refractivity contribution in [1.82, 2.24) is 5.32 Å². The first kappa shape index (κ1) is 17.4. The van der Waals surface area contributed by atoms with Crippen molar-refractivity contribution >= 4 is 27.5 Å². The zero-order valence-electron chi connectivity index (χ0n) is 14.4. The maximum absolute atomic E-state index is 12.5. The van der Waals surface area contributed by atoms with Crippen LogP contribution in [0.15, 0.2) is 66.7 Å². The van der Waals surface area contributed by atoms with Crippen molar-refractivity contribution in [2.24, 2.45) is 0 Å². The molecule has 4 heteroatoms. The molecule has 0 aromatic heterocycles. The molecule has 0 radical (unpaired) electrons. The lowest BCUT2D eigenvalue weighted by molar-refractivity contribution is 0.0940. The highest BCUT2D eigenvalue weighted by Crippen LogP contribution is 2.20. The summed E-state index contributed by atoms with van der Waals surface area (Å²) in [5, 5.41) is 5.39. The average molecular weight is 351 g/mol. The Morgan fingerprint density at radius 1 is 1.00 bits per heavy atom. The Morgan fingerprint density at radius 2 is 1.76 bits per heavy atom. The van der Waals surface area contributed by atoms with Gasteiger partial charge in [-0.25, -0.2) is 0 Å². The Bertz CT molecular complexity index is 936. The molecular weight excluding hydrogens is 330 g/mol. The highest BCUT2D eigenvalue weighted by Gasteiger charge is 2.12. The highest BCUT2D eigenvalue weighted by molar-refractivity contribution is 7.83. The molecule has 0 fully saturated rings. The van der Waals surface area contributed by atoms with Crippen molar-refractivity contribution < 1.29 is 9.00 Å². The van der Waals surface area contributed by atoms with Crippen molar-refractivity contribution in [3.05, 3.63) is 83.4 Å². The van der Waals surface area contributed by atoms with Gasteiger partial charge in [0.05, 0.1) is 6.04 Å². The van der Waals surface area contributed by atoms with Crippen LogP contribution in [0.2, 0.25) is 0 Å². The first-order valence-corrected chi connectivity index (χ1v) is 9.94. The monoisotopic (exact) mass is 351 g/mol. The van der Waals surface area contributed by atoms with Gasteiger partial charge in [-0.1, -0.05) is 48.5 Å². The van der Waals surface area contributed by atoms with E-state index in [0.29, 0.717) is 11.3 Å². The fraction of sp³-hybridized carbons (Fsp3) is 0.190. The summed E-state index contributed by atoms with van der Waals surface area (Å²) < 4.78 is 11.4. The lowest BCUT2D eigenvalue weighted by Crippen LogP contribution is -2.26. The first-order valence-electron chi connectivity index (χ1n) is 8.21. The number of nitrogens with one attached hydrogen (secondary N) is 1. The van der Waals surface area contributed by atoms with Crippen molar-refractivity contribution in [2.45, 2.75) is 18.7 Å². The van der Waals surface area contributed by atoms with Gasteiger partial charge in [0.1, 0.15) is 0 Å². The molecule has 2 unspecified atom stereocenters. The minimum Gasteiger partial charge on any atom is -0.346 e. The number of hydrogen-bond donors (Lipinski definition) is 1. The van der Waals surface area contributed by atoms with Crippen LogP contribution in [0.3, 0.4) is 0 Å². The van der Waals surface area contributed by atoms with E-state index in [1.54, 1.807) is 12.3 Å². The quantitative estimate of drug-likeness (QED) is 0.748. The molecule has 0 saturated carbocycles. The van der Waals surface area contributed by atoms with Gasteiger partial charge in [-0.3, -0.25) is 9.00 Å². The predicted molar refractivity (Wildman–Crippen MR) is 104 cm³/mol. The first-order chi connectivity index (χ1) is 12.0. The third kappa shape index (κ3) is 4.34. The van der Waals surface area contributed by atoms with Crippen LogP contribution in [-0.4, -0.2) is 16.4 Å². The number of benzene rings is 3. The zero-order valence-corrected chi connectivity index (χ0v) is 15.2. The molecule has 128 valence electrons. The molecule has 1 N–H and O–H groups in total. The second kappa shape index (κ2) is 7.62. The Kier molecular flexibility index (Phi) is 5.29. The fourth-order valence-electron chi connectivity index (χ4n) is 2.88. The molecule has 3 aromatic carbocycles. The fourth-order valence-corrected chi connectivity index (χ4v) is 3.53. The molecule has 0 aliphatic carbocycles. The maximum atomic E-state index is 12.5. The number of amides is 1. The van der Waals surface area contributed by atoms with E-state index in [4.69, 9.17) is 0 Å². The molecule has 0 bridgehead atoms. The maximum Gasteiger partial charge on any atom is 0.251 e. The SMILES string of the molecule is CC(NC(=O)c1cccc(CS(C)=O)c1)c1ccc2ccccc2c1. The standard InChI is InChI=1S/C21H21NO2S/c1-15(18-11-10-17-7-3-4-8-19(17)13-18)22-21(23)20-9-5-6-16(12-20)14-25(2)24/h3-13,15H,14H2,1-2H3,(H,22,23). The van der Waals surface area contributed by atoms with Crippen molar-refractivity contribution in [1.29, 1.82) is 0 Å². The lowest BCUT2D eigenvalue weighted by atomic mass is 10.0. The Balaban J connectivity index is 1.76. The lowest BCUT2D eigenvalue weighted by Gasteiger charge is -2.15. The molecule has 0 spiro atoms. The van der Waals surface area contributed by atoms with Gasteiger partial charge in [0.2, 0.25) is 0 Å².